The average molecular weight is 392 g/mol. The number of ketones is 1. The van der Waals surface area contributed by atoms with E-state index in [1.807, 2.05) is 0 Å². The summed E-state index contributed by atoms with van der Waals surface area (Å²) in [5, 5.41) is 0. The number of ether oxygens (including phenoxy) is 3. The zero-order chi connectivity index (χ0) is 20.5. The molecule has 1 amide bonds. The first kappa shape index (κ1) is 25.7. The number of Topliss-reactive ketones (excluding diaryl/α,β-unsaturated/α-hetero) is 1. The number of hydroxylamine groups is 1. The molecule has 160 valence electrons. The van der Waals surface area contributed by atoms with E-state index in [9.17, 15) is 9.59 Å². The van der Waals surface area contributed by atoms with E-state index < -0.39 is 17.7 Å². The number of hydrogen-bond donors (Lipinski definition) is 3. The lowest BCUT2D eigenvalue weighted by Gasteiger charge is -2.19. The number of amides is 1. The van der Waals surface area contributed by atoms with Crippen LogP contribution in [0.4, 0.5) is 4.79 Å². The molecule has 0 fully saturated rings. The van der Waals surface area contributed by atoms with Gasteiger partial charge in [0.1, 0.15) is 11.4 Å². The van der Waals surface area contributed by atoms with Crippen LogP contribution >= 0.6 is 0 Å². The molecule has 0 unspecified atom stereocenters. The normalized spacial score (nSPS) is 12.6. The highest BCUT2D eigenvalue weighted by molar-refractivity contribution is 5.83. The van der Waals surface area contributed by atoms with Gasteiger partial charge in [0.2, 0.25) is 0 Å². The highest BCUT2D eigenvalue weighted by Crippen LogP contribution is 2.06. The molecule has 0 saturated carbocycles. The van der Waals surface area contributed by atoms with Crippen molar-refractivity contribution in [2.24, 2.45) is 11.5 Å². The summed E-state index contributed by atoms with van der Waals surface area (Å²) in [5.41, 5.74) is 12.8. The van der Waals surface area contributed by atoms with Gasteiger partial charge in [-0.05, 0) is 46.6 Å². The first-order valence-corrected chi connectivity index (χ1v) is 9.51. The minimum Gasteiger partial charge on any atom is -0.442 e. The number of nitrogens with two attached hydrogens (primary N) is 2. The lowest BCUT2D eigenvalue weighted by atomic mass is 10.0. The Bertz CT molecular complexity index is 401. The van der Waals surface area contributed by atoms with Crippen molar-refractivity contribution in [3.8, 4) is 0 Å². The molecule has 0 aliphatic heterocycles. The minimum absolute atomic E-state index is 0.0708. The van der Waals surface area contributed by atoms with Crippen molar-refractivity contribution < 1.29 is 28.6 Å². The number of hydrogen-bond acceptors (Lipinski definition) is 8. The summed E-state index contributed by atoms with van der Waals surface area (Å²) < 4.78 is 15.7. The van der Waals surface area contributed by atoms with Gasteiger partial charge in [0.25, 0.3) is 0 Å². The molecular weight excluding hydrogens is 354 g/mol. The van der Waals surface area contributed by atoms with Crippen molar-refractivity contribution in [3.63, 3.8) is 0 Å². The molecule has 0 spiro atoms. The van der Waals surface area contributed by atoms with E-state index in [1.165, 1.54) is 0 Å². The Balaban J connectivity index is 3.38. The van der Waals surface area contributed by atoms with E-state index >= 15 is 0 Å². The molecule has 5 N–H and O–H groups in total. The fourth-order valence-electron chi connectivity index (χ4n) is 2.03. The Morgan fingerprint density at radius 1 is 0.963 bits per heavy atom. The van der Waals surface area contributed by atoms with Gasteiger partial charge in [-0.3, -0.25) is 9.63 Å². The molecule has 0 rings (SSSR count). The van der Waals surface area contributed by atoms with Gasteiger partial charge in [0.15, 0.2) is 0 Å². The van der Waals surface area contributed by atoms with Crippen molar-refractivity contribution >= 4 is 11.9 Å². The maximum absolute atomic E-state index is 11.8. The third-order valence-corrected chi connectivity index (χ3v) is 3.35. The van der Waals surface area contributed by atoms with Crippen LogP contribution in [0.5, 0.6) is 0 Å². The Morgan fingerprint density at radius 3 is 2.22 bits per heavy atom. The van der Waals surface area contributed by atoms with Gasteiger partial charge in [0, 0.05) is 13.0 Å². The molecule has 9 heteroatoms. The second-order valence-electron chi connectivity index (χ2n) is 7.14. The maximum atomic E-state index is 11.8. The van der Waals surface area contributed by atoms with Gasteiger partial charge in [-0.2, -0.15) is 5.48 Å². The molecule has 0 aromatic rings. The van der Waals surface area contributed by atoms with Gasteiger partial charge >= 0.3 is 6.09 Å². The molecule has 0 aliphatic carbocycles. The van der Waals surface area contributed by atoms with E-state index in [0.717, 1.165) is 12.8 Å². The fourth-order valence-corrected chi connectivity index (χ4v) is 2.03. The second kappa shape index (κ2) is 15.8. The van der Waals surface area contributed by atoms with Gasteiger partial charge < -0.3 is 25.7 Å². The largest absolute Gasteiger partial charge is 0.442 e. The van der Waals surface area contributed by atoms with Crippen LogP contribution in [0, 0.1) is 0 Å². The lowest BCUT2D eigenvalue weighted by molar-refractivity contribution is -0.120. The number of carbonyl (C=O) groups excluding carboxylic acids is 2. The highest BCUT2D eigenvalue weighted by Gasteiger charge is 2.15. The molecule has 0 heterocycles. The van der Waals surface area contributed by atoms with Crippen molar-refractivity contribution in [3.05, 3.63) is 0 Å². The van der Waals surface area contributed by atoms with E-state index in [4.69, 9.17) is 30.5 Å². The van der Waals surface area contributed by atoms with Crippen molar-refractivity contribution in [1.82, 2.24) is 5.48 Å². The fraction of sp³-hybridized carbons (Fsp3) is 0.889. The van der Waals surface area contributed by atoms with E-state index in [1.54, 1.807) is 20.8 Å². The van der Waals surface area contributed by atoms with Crippen molar-refractivity contribution in [1.29, 1.82) is 0 Å². The summed E-state index contributed by atoms with van der Waals surface area (Å²) >= 11 is 0. The van der Waals surface area contributed by atoms with Crippen LogP contribution in [0.25, 0.3) is 0 Å². The standard InChI is InChI=1S/C18H37N3O6/c1-18(2,3)27-17(23)21-26-14-13-25-12-11-24-10-6-8-16(22)15(20)7-4-5-9-19/h15H,4-14,19-20H2,1-3H3,(H,21,23)/t15-/m1/s1. The van der Waals surface area contributed by atoms with E-state index in [-0.39, 0.29) is 12.4 Å². The van der Waals surface area contributed by atoms with Crippen LogP contribution in [0.1, 0.15) is 52.9 Å². The van der Waals surface area contributed by atoms with Crippen LogP contribution in [0.2, 0.25) is 0 Å². The van der Waals surface area contributed by atoms with Crippen LogP contribution in [0.3, 0.4) is 0 Å². The predicted molar refractivity (Wildman–Crippen MR) is 102 cm³/mol. The molecule has 1 atom stereocenters. The molecule has 0 saturated heterocycles. The molecule has 0 aliphatic rings. The first-order valence-electron chi connectivity index (χ1n) is 9.51. The van der Waals surface area contributed by atoms with Crippen LogP contribution in [0.15, 0.2) is 0 Å². The Hall–Kier alpha value is -1.26. The minimum atomic E-state index is -0.639. The number of nitrogens with one attached hydrogen (secondary N) is 1. The van der Waals surface area contributed by atoms with Crippen LogP contribution in [-0.4, -0.2) is 63.1 Å². The first-order chi connectivity index (χ1) is 12.8. The molecule has 0 radical (unpaired) electrons. The van der Waals surface area contributed by atoms with Crippen molar-refractivity contribution in [2.75, 3.05) is 39.6 Å². The summed E-state index contributed by atoms with van der Waals surface area (Å²) in [7, 11) is 0. The molecule has 0 bridgehead atoms. The van der Waals surface area contributed by atoms with Gasteiger partial charge in [-0.25, -0.2) is 4.79 Å². The average Bonchev–Trinajstić information content (AvgIpc) is 2.57. The van der Waals surface area contributed by atoms with Crippen LogP contribution < -0.4 is 16.9 Å². The molecular formula is C18H37N3O6. The highest BCUT2D eigenvalue weighted by atomic mass is 16.7. The Morgan fingerprint density at radius 2 is 1.59 bits per heavy atom. The zero-order valence-corrected chi connectivity index (χ0v) is 17.0. The topological polar surface area (TPSA) is 135 Å². The van der Waals surface area contributed by atoms with Crippen molar-refractivity contribution in [2.45, 2.75) is 64.5 Å². The summed E-state index contributed by atoms with van der Waals surface area (Å²) in [6.45, 7) is 7.77. The quantitative estimate of drug-likeness (QED) is 0.264. The third-order valence-electron chi connectivity index (χ3n) is 3.35. The summed E-state index contributed by atoms with van der Waals surface area (Å²) in [4.78, 5) is 28.0. The van der Waals surface area contributed by atoms with Gasteiger partial charge in [0.05, 0.1) is 32.5 Å². The SMILES string of the molecule is CC(C)(C)OC(=O)NOCCOCCOCCCC(=O)[C@H](N)CCCCN. The van der Waals surface area contributed by atoms with Crippen LogP contribution in [-0.2, 0) is 23.8 Å². The van der Waals surface area contributed by atoms with E-state index in [0.29, 0.717) is 52.2 Å². The lowest BCUT2D eigenvalue weighted by Crippen LogP contribution is -2.33. The van der Waals surface area contributed by atoms with E-state index in [2.05, 4.69) is 5.48 Å². The predicted octanol–water partition coefficient (Wildman–Crippen LogP) is 1.28. The summed E-state index contributed by atoms with van der Waals surface area (Å²) in [5.74, 6) is 0.0708. The summed E-state index contributed by atoms with van der Waals surface area (Å²) in [6.07, 6.45) is 2.90. The Kier molecular flexibility index (Phi) is 15.0. The molecule has 0 aromatic heterocycles. The van der Waals surface area contributed by atoms with Gasteiger partial charge in [-0.1, -0.05) is 6.42 Å². The Labute approximate surface area is 162 Å². The number of carbonyl (C=O) groups is 2. The van der Waals surface area contributed by atoms with Gasteiger partial charge in [-0.15, -0.1) is 0 Å². The monoisotopic (exact) mass is 391 g/mol. The second-order valence-corrected chi connectivity index (χ2v) is 7.14. The number of unbranched alkanes of at least 4 members (excludes halogenated alkanes) is 1. The molecule has 0 aromatic carbocycles. The smallest absolute Gasteiger partial charge is 0.431 e. The molecule has 27 heavy (non-hydrogen) atoms. The number of rotatable bonds is 16. The maximum Gasteiger partial charge on any atom is 0.431 e. The summed E-state index contributed by atoms with van der Waals surface area (Å²) in [6, 6.07) is -0.394. The third kappa shape index (κ3) is 17.9. The molecule has 9 nitrogen and oxygen atoms in total. The zero-order valence-electron chi connectivity index (χ0n) is 17.0.